The molecule has 3 aromatic heterocycles. The number of carbonyl (C=O) groups is 1. The minimum Gasteiger partial charge on any atom is -0.482 e. The first-order valence-electron chi connectivity index (χ1n) is 11.1. The summed E-state index contributed by atoms with van der Waals surface area (Å²) in [6.07, 6.45) is 4.67. The highest BCUT2D eigenvalue weighted by molar-refractivity contribution is 5.78. The molecule has 1 amide bonds. The number of amides is 1. The van der Waals surface area contributed by atoms with Crippen LogP contribution in [0.3, 0.4) is 0 Å². The van der Waals surface area contributed by atoms with Crippen LogP contribution in [-0.2, 0) is 11.3 Å². The van der Waals surface area contributed by atoms with E-state index >= 15 is 0 Å². The van der Waals surface area contributed by atoms with Crippen molar-refractivity contribution in [3.63, 3.8) is 0 Å². The molecule has 35 heavy (non-hydrogen) atoms. The van der Waals surface area contributed by atoms with Gasteiger partial charge < -0.3 is 28.9 Å². The Hall–Kier alpha value is -4.41. The first-order chi connectivity index (χ1) is 17.2. The summed E-state index contributed by atoms with van der Waals surface area (Å²) in [5, 5.41) is 10.8. The molecule has 1 N–H and O–H groups in total. The Morgan fingerprint density at radius 1 is 1.11 bits per heavy atom. The molecule has 0 aliphatic carbocycles. The number of nitrogens with zero attached hydrogens (tertiary/aromatic N) is 5. The predicted molar refractivity (Wildman–Crippen MR) is 124 cm³/mol. The van der Waals surface area contributed by atoms with Crippen molar-refractivity contribution < 1.29 is 23.0 Å². The van der Waals surface area contributed by atoms with Crippen molar-refractivity contribution in [3.05, 3.63) is 72.7 Å². The Balaban J connectivity index is 1.15. The van der Waals surface area contributed by atoms with E-state index in [0.29, 0.717) is 67.0 Å². The van der Waals surface area contributed by atoms with Crippen LogP contribution in [0.1, 0.15) is 5.76 Å². The molecule has 1 aliphatic rings. The quantitative estimate of drug-likeness (QED) is 0.408. The average Bonchev–Trinajstić information content (AvgIpc) is 3.59. The number of aromatic nitrogens is 3. The number of ether oxygens (including phenoxy) is 1. The number of hydrogen-bond acceptors (Lipinski definition) is 9. The van der Waals surface area contributed by atoms with Gasteiger partial charge >= 0.3 is 0 Å². The van der Waals surface area contributed by atoms with Crippen LogP contribution in [-0.4, -0.2) is 58.9 Å². The Morgan fingerprint density at radius 3 is 2.74 bits per heavy atom. The largest absolute Gasteiger partial charge is 0.482 e. The monoisotopic (exact) mass is 478 g/mol. The van der Waals surface area contributed by atoms with Crippen molar-refractivity contribution in [2.75, 3.05) is 43.0 Å². The van der Waals surface area contributed by atoms with Gasteiger partial charge in [-0.1, -0.05) is 16.4 Å². The molecule has 1 fully saturated rings. The average molecular weight is 478 g/mol. The zero-order valence-electron chi connectivity index (χ0n) is 18.8. The van der Waals surface area contributed by atoms with E-state index in [1.165, 1.54) is 12.3 Å². The first-order valence-corrected chi connectivity index (χ1v) is 11.1. The third-order valence-corrected chi connectivity index (χ3v) is 5.65. The molecule has 0 saturated carbocycles. The highest BCUT2D eigenvalue weighted by atomic mass is 19.1. The fraction of sp³-hybridized carbons (Fsp3) is 0.250. The van der Waals surface area contributed by atoms with Gasteiger partial charge in [-0.15, -0.1) is 0 Å². The third-order valence-electron chi connectivity index (χ3n) is 5.65. The van der Waals surface area contributed by atoms with Crippen LogP contribution >= 0.6 is 0 Å². The van der Waals surface area contributed by atoms with E-state index in [1.54, 1.807) is 47.6 Å². The van der Waals surface area contributed by atoms with Crippen LogP contribution in [0.2, 0.25) is 0 Å². The molecule has 11 heteroatoms. The molecule has 1 aromatic carbocycles. The molecule has 1 saturated heterocycles. The Kier molecular flexibility index (Phi) is 6.55. The van der Waals surface area contributed by atoms with E-state index in [1.807, 2.05) is 11.0 Å². The highest BCUT2D eigenvalue weighted by Crippen LogP contribution is 2.27. The van der Waals surface area contributed by atoms with Crippen molar-refractivity contribution in [1.82, 2.24) is 20.2 Å². The van der Waals surface area contributed by atoms with E-state index < -0.39 is 0 Å². The predicted octanol–water partition coefficient (Wildman–Crippen LogP) is 3.20. The fourth-order valence-electron chi connectivity index (χ4n) is 3.80. The number of anilines is 2. The summed E-state index contributed by atoms with van der Waals surface area (Å²) in [7, 11) is 0. The summed E-state index contributed by atoms with van der Waals surface area (Å²) in [5.74, 6) is 1.26. The molecule has 0 atom stereocenters. The molecule has 0 bridgehead atoms. The van der Waals surface area contributed by atoms with Crippen molar-refractivity contribution in [1.29, 1.82) is 0 Å². The summed E-state index contributed by atoms with van der Waals surface area (Å²) in [6, 6.07) is 11.9. The van der Waals surface area contributed by atoms with Gasteiger partial charge in [0.15, 0.2) is 18.2 Å². The number of nitrogens with one attached hydrogen (secondary N) is 1. The molecule has 4 heterocycles. The van der Waals surface area contributed by atoms with Crippen LogP contribution in [0, 0.1) is 5.82 Å². The zero-order valence-corrected chi connectivity index (χ0v) is 18.8. The normalized spacial score (nSPS) is 13.6. The fourth-order valence-corrected chi connectivity index (χ4v) is 3.80. The van der Waals surface area contributed by atoms with Crippen molar-refractivity contribution in [2.24, 2.45) is 0 Å². The van der Waals surface area contributed by atoms with Crippen LogP contribution in [0.4, 0.5) is 15.9 Å². The lowest BCUT2D eigenvalue weighted by Gasteiger charge is -2.36. The number of carbonyl (C=O) groups excluding carboxylic acids is 1. The summed E-state index contributed by atoms with van der Waals surface area (Å²) in [6.45, 7) is 2.34. The highest BCUT2D eigenvalue weighted by Gasteiger charge is 2.23. The van der Waals surface area contributed by atoms with Crippen molar-refractivity contribution in [2.45, 2.75) is 6.54 Å². The van der Waals surface area contributed by atoms with Gasteiger partial charge in [0.2, 0.25) is 0 Å². The Morgan fingerprint density at radius 2 is 2.00 bits per heavy atom. The molecule has 10 nitrogen and oxygen atoms in total. The van der Waals surface area contributed by atoms with Gasteiger partial charge in [-0.25, -0.2) is 4.39 Å². The molecule has 4 aromatic rings. The van der Waals surface area contributed by atoms with E-state index in [0.717, 1.165) is 0 Å². The Bertz CT molecular complexity index is 1260. The number of pyridine rings is 1. The summed E-state index contributed by atoms with van der Waals surface area (Å²) in [5.41, 5.74) is 1.64. The molecule has 1 aliphatic heterocycles. The van der Waals surface area contributed by atoms with E-state index in [-0.39, 0.29) is 18.3 Å². The smallest absolute Gasteiger partial charge is 0.260 e. The molecular weight excluding hydrogens is 455 g/mol. The van der Waals surface area contributed by atoms with Crippen LogP contribution < -0.4 is 15.0 Å². The van der Waals surface area contributed by atoms with Gasteiger partial charge in [0.1, 0.15) is 23.5 Å². The molecule has 180 valence electrons. The van der Waals surface area contributed by atoms with Crippen LogP contribution in [0.5, 0.6) is 5.75 Å². The summed E-state index contributed by atoms with van der Waals surface area (Å²) >= 11 is 0. The molecular formula is C24H23FN6O4. The lowest BCUT2D eigenvalue weighted by Crippen LogP contribution is -2.50. The van der Waals surface area contributed by atoms with E-state index in [9.17, 15) is 9.18 Å². The van der Waals surface area contributed by atoms with Gasteiger partial charge in [0.05, 0.1) is 18.4 Å². The van der Waals surface area contributed by atoms with Crippen molar-refractivity contribution in [3.8, 4) is 17.0 Å². The maximum absolute atomic E-state index is 15.0. The third kappa shape index (κ3) is 5.40. The SMILES string of the molecule is O=C(COc1cccnc1)N1CCN(c2ccc(-c3cc(CNc4ccon4)on3)cc2F)CC1. The lowest BCUT2D eigenvalue weighted by molar-refractivity contribution is -0.133. The van der Waals surface area contributed by atoms with E-state index in [4.69, 9.17) is 13.8 Å². The number of hydrogen-bond donors (Lipinski definition) is 1. The van der Waals surface area contributed by atoms with Gasteiger partial charge in [-0.2, -0.15) is 0 Å². The number of piperazine rings is 1. The maximum atomic E-state index is 15.0. The first kappa shape index (κ1) is 22.4. The van der Waals surface area contributed by atoms with Crippen LogP contribution in [0.25, 0.3) is 11.3 Å². The summed E-state index contributed by atoms with van der Waals surface area (Å²) < 4.78 is 30.6. The van der Waals surface area contributed by atoms with Crippen LogP contribution in [0.15, 0.2) is 70.2 Å². The minimum absolute atomic E-state index is 0.0530. The van der Waals surface area contributed by atoms with Crippen molar-refractivity contribution >= 4 is 17.4 Å². The molecule has 5 rings (SSSR count). The van der Waals surface area contributed by atoms with Gasteiger partial charge in [-0.3, -0.25) is 9.78 Å². The number of benzene rings is 1. The maximum Gasteiger partial charge on any atom is 0.260 e. The summed E-state index contributed by atoms with van der Waals surface area (Å²) in [4.78, 5) is 20.1. The standard InChI is InChI=1S/C24H23FN6O4/c25-20-12-17(21-13-19(35-28-21)15-27-23-5-11-34-29-23)3-4-22(20)30-7-9-31(10-8-30)24(32)16-33-18-2-1-6-26-14-18/h1-6,11-14H,7-10,15-16H2,(H,27,29). The second-order valence-electron chi connectivity index (χ2n) is 7.93. The number of halogens is 1. The topological polar surface area (TPSA) is 110 Å². The van der Waals surface area contributed by atoms with Gasteiger partial charge in [-0.05, 0) is 24.3 Å². The molecule has 0 unspecified atom stereocenters. The Labute approximate surface area is 200 Å². The van der Waals surface area contributed by atoms with Gasteiger partial charge in [0.25, 0.3) is 5.91 Å². The molecule has 0 radical (unpaired) electrons. The van der Waals surface area contributed by atoms with E-state index in [2.05, 4.69) is 20.6 Å². The molecule has 0 spiro atoms. The van der Waals surface area contributed by atoms with Gasteiger partial charge in [0, 0.05) is 50.1 Å². The second kappa shape index (κ2) is 10.2. The number of rotatable bonds is 8. The zero-order chi connectivity index (χ0) is 24.0. The minimum atomic E-state index is -0.354. The second-order valence-corrected chi connectivity index (χ2v) is 7.93. The lowest BCUT2D eigenvalue weighted by atomic mass is 10.1.